The first-order chi connectivity index (χ1) is 14.3. The van der Waals surface area contributed by atoms with Crippen molar-refractivity contribution in [3.8, 4) is 17.2 Å². The second kappa shape index (κ2) is 11.6. The first-order valence-electron chi connectivity index (χ1n) is 10.2. The molecule has 0 amide bonds. The molecule has 0 aromatic heterocycles. The fraction of sp³-hybridized carbons (Fsp3) is 0.619. The summed E-state index contributed by atoms with van der Waals surface area (Å²) in [6.07, 6.45) is 6.98. The fourth-order valence-corrected chi connectivity index (χ4v) is 4.03. The molecule has 3 rings (SSSR count). The summed E-state index contributed by atoms with van der Waals surface area (Å²) in [5.74, 6) is -2.62. The van der Waals surface area contributed by atoms with E-state index in [1.807, 2.05) is 12.1 Å². The molecule has 9 nitrogen and oxygen atoms in total. The lowest BCUT2D eigenvalue weighted by Gasteiger charge is -2.40. The zero-order valence-electron chi connectivity index (χ0n) is 17.7. The van der Waals surface area contributed by atoms with Crippen molar-refractivity contribution in [2.75, 3.05) is 40.4 Å². The number of rotatable bonds is 5. The molecule has 0 radical (unpaired) electrons. The molecule has 2 aliphatic rings. The van der Waals surface area contributed by atoms with Gasteiger partial charge in [-0.05, 0) is 30.5 Å². The van der Waals surface area contributed by atoms with Gasteiger partial charge < -0.3 is 24.8 Å². The third kappa shape index (κ3) is 6.77. The van der Waals surface area contributed by atoms with E-state index in [2.05, 4.69) is 9.80 Å². The van der Waals surface area contributed by atoms with E-state index < -0.39 is 11.9 Å². The molecule has 1 aliphatic carbocycles. The van der Waals surface area contributed by atoms with Crippen LogP contribution in [0.1, 0.15) is 37.7 Å². The zero-order valence-corrected chi connectivity index (χ0v) is 17.7. The molecule has 1 heterocycles. The Balaban J connectivity index is 0.000000469. The van der Waals surface area contributed by atoms with Crippen LogP contribution in [0, 0.1) is 0 Å². The number of ether oxygens (including phenoxy) is 2. The average Bonchev–Trinajstić information content (AvgIpc) is 2.76. The van der Waals surface area contributed by atoms with Gasteiger partial charge in [0, 0.05) is 38.8 Å². The number of carboxylic acid groups (broad SMARTS) is 2. The molecule has 1 aliphatic heterocycles. The van der Waals surface area contributed by atoms with Crippen LogP contribution in [-0.2, 0) is 16.1 Å². The van der Waals surface area contributed by atoms with Crippen LogP contribution in [0.3, 0.4) is 0 Å². The molecule has 0 unspecified atom stereocenters. The van der Waals surface area contributed by atoms with Gasteiger partial charge in [0.1, 0.15) is 0 Å². The highest BCUT2D eigenvalue weighted by Crippen LogP contribution is 2.37. The topological polar surface area (TPSA) is 120 Å². The Morgan fingerprint density at radius 3 is 1.87 bits per heavy atom. The Hall–Kier alpha value is -2.52. The number of aromatic hydroxyl groups is 1. The standard InChI is InChI=1S/C19H30N2O3.C2H2O4/c1-23-17-12-15(13-18(24-2)19(17)22)14-20-8-10-21(11-9-20)16-6-4-3-5-7-16;3-1(4)2(5)6/h12-13,16,22H,3-11,14H2,1-2H3;(H,3,4)(H,5,6). The Bertz CT molecular complexity index is 674. The lowest BCUT2D eigenvalue weighted by molar-refractivity contribution is -0.159. The smallest absolute Gasteiger partial charge is 0.414 e. The molecular formula is C21H32N2O7. The minimum atomic E-state index is -1.82. The maximum atomic E-state index is 10.0. The number of phenolic OH excluding ortho intramolecular Hbond substituents is 1. The maximum absolute atomic E-state index is 10.0. The summed E-state index contributed by atoms with van der Waals surface area (Å²) >= 11 is 0. The van der Waals surface area contributed by atoms with E-state index in [0.29, 0.717) is 11.5 Å². The van der Waals surface area contributed by atoms with Crippen molar-refractivity contribution in [3.63, 3.8) is 0 Å². The largest absolute Gasteiger partial charge is 0.502 e. The van der Waals surface area contributed by atoms with Crippen molar-refractivity contribution < 1.29 is 34.4 Å². The minimum Gasteiger partial charge on any atom is -0.502 e. The molecule has 2 fully saturated rings. The van der Waals surface area contributed by atoms with E-state index in [0.717, 1.165) is 44.3 Å². The number of aliphatic carboxylic acids is 2. The molecule has 1 aromatic rings. The molecule has 9 heteroatoms. The summed E-state index contributed by atoms with van der Waals surface area (Å²) in [4.78, 5) is 23.4. The van der Waals surface area contributed by atoms with E-state index in [1.54, 1.807) is 14.2 Å². The highest BCUT2D eigenvalue weighted by atomic mass is 16.5. The summed E-state index contributed by atoms with van der Waals surface area (Å²) < 4.78 is 10.5. The van der Waals surface area contributed by atoms with E-state index >= 15 is 0 Å². The van der Waals surface area contributed by atoms with Gasteiger partial charge in [-0.15, -0.1) is 0 Å². The van der Waals surface area contributed by atoms with Crippen LogP contribution < -0.4 is 9.47 Å². The number of nitrogens with zero attached hydrogens (tertiary/aromatic N) is 2. The van der Waals surface area contributed by atoms with Crippen molar-refractivity contribution in [1.82, 2.24) is 9.80 Å². The third-order valence-electron chi connectivity index (χ3n) is 5.63. The minimum absolute atomic E-state index is 0.0749. The summed E-state index contributed by atoms with van der Waals surface area (Å²) in [5.41, 5.74) is 1.12. The molecule has 1 aromatic carbocycles. The summed E-state index contributed by atoms with van der Waals surface area (Å²) in [6, 6.07) is 4.63. The number of hydrogen-bond donors (Lipinski definition) is 3. The van der Waals surface area contributed by atoms with Crippen LogP contribution in [0.25, 0.3) is 0 Å². The number of benzene rings is 1. The second-order valence-corrected chi connectivity index (χ2v) is 7.56. The van der Waals surface area contributed by atoms with Crippen molar-refractivity contribution >= 4 is 11.9 Å². The second-order valence-electron chi connectivity index (χ2n) is 7.56. The number of phenols is 1. The van der Waals surface area contributed by atoms with E-state index in [-0.39, 0.29) is 5.75 Å². The lowest BCUT2D eigenvalue weighted by Crippen LogP contribution is -2.50. The lowest BCUT2D eigenvalue weighted by atomic mass is 9.94. The first kappa shape index (κ1) is 23.8. The summed E-state index contributed by atoms with van der Waals surface area (Å²) in [6.45, 7) is 5.39. The predicted molar refractivity (Wildman–Crippen MR) is 110 cm³/mol. The van der Waals surface area contributed by atoms with Gasteiger partial charge in [0.15, 0.2) is 11.5 Å². The van der Waals surface area contributed by atoms with Crippen molar-refractivity contribution in [2.24, 2.45) is 0 Å². The quantitative estimate of drug-likeness (QED) is 0.610. The van der Waals surface area contributed by atoms with Crippen LogP contribution in [0.5, 0.6) is 17.2 Å². The van der Waals surface area contributed by atoms with Gasteiger partial charge in [-0.3, -0.25) is 9.80 Å². The third-order valence-corrected chi connectivity index (χ3v) is 5.63. The van der Waals surface area contributed by atoms with Crippen molar-refractivity contribution in [3.05, 3.63) is 17.7 Å². The number of piperazine rings is 1. The highest BCUT2D eigenvalue weighted by Gasteiger charge is 2.25. The molecule has 0 bridgehead atoms. The Morgan fingerprint density at radius 1 is 0.933 bits per heavy atom. The van der Waals surface area contributed by atoms with E-state index in [1.165, 1.54) is 32.1 Å². The molecule has 0 spiro atoms. The molecule has 30 heavy (non-hydrogen) atoms. The molecule has 1 saturated heterocycles. The number of methoxy groups -OCH3 is 2. The highest BCUT2D eigenvalue weighted by molar-refractivity contribution is 6.27. The molecule has 3 N–H and O–H groups in total. The molecule has 168 valence electrons. The van der Waals surface area contributed by atoms with Gasteiger partial charge in [-0.2, -0.15) is 0 Å². The molecule has 1 saturated carbocycles. The molecule has 0 atom stereocenters. The van der Waals surface area contributed by atoms with Crippen LogP contribution in [0.4, 0.5) is 0 Å². The summed E-state index contributed by atoms with van der Waals surface area (Å²) in [5, 5.41) is 24.8. The Morgan fingerprint density at radius 2 is 1.43 bits per heavy atom. The first-order valence-corrected chi connectivity index (χ1v) is 10.2. The van der Waals surface area contributed by atoms with Gasteiger partial charge in [-0.1, -0.05) is 19.3 Å². The number of hydrogen-bond acceptors (Lipinski definition) is 7. The van der Waals surface area contributed by atoms with E-state index in [4.69, 9.17) is 29.3 Å². The van der Waals surface area contributed by atoms with Gasteiger partial charge in [0.25, 0.3) is 0 Å². The van der Waals surface area contributed by atoms with Crippen LogP contribution in [-0.4, -0.2) is 83.5 Å². The zero-order chi connectivity index (χ0) is 22.1. The normalized spacial score (nSPS) is 18.2. The Kier molecular flexibility index (Phi) is 9.19. The maximum Gasteiger partial charge on any atom is 0.414 e. The monoisotopic (exact) mass is 424 g/mol. The van der Waals surface area contributed by atoms with Crippen LogP contribution in [0.2, 0.25) is 0 Å². The van der Waals surface area contributed by atoms with Gasteiger partial charge >= 0.3 is 11.9 Å². The van der Waals surface area contributed by atoms with Crippen molar-refractivity contribution in [1.29, 1.82) is 0 Å². The Labute approximate surface area is 176 Å². The van der Waals surface area contributed by atoms with E-state index in [9.17, 15) is 5.11 Å². The average molecular weight is 424 g/mol. The van der Waals surface area contributed by atoms with Gasteiger partial charge in [-0.25, -0.2) is 9.59 Å². The van der Waals surface area contributed by atoms with Gasteiger partial charge in [0.2, 0.25) is 5.75 Å². The number of carbonyl (C=O) groups is 2. The van der Waals surface area contributed by atoms with Gasteiger partial charge in [0.05, 0.1) is 14.2 Å². The fourth-order valence-electron chi connectivity index (χ4n) is 4.03. The van der Waals surface area contributed by atoms with Crippen LogP contribution in [0.15, 0.2) is 12.1 Å². The summed E-state index contributed by atoms with van der Waals surface area (Å²) in [7, 11) is 3.14. The number of carboxylic acids is 2. The van der Waals surface area contributed by atoms with Crippen molar-refractivity contribution in [2.45, 2.75) is 44.7 Å². The predicted octanol–water partition coefficient (Wildman–Crippen LogP) is 2.02. The molecular weight excluding hydrogens is 392 g/mol. The van der Waals surface area contributed by atoms with Crippen LogP contribution >= 0.6 is 0 Å². The SMILES string of the molecule is COc1cc(CN2CCN(C3CCCCC3)CC2)cc(OC)c1O.O=C(O)C(=O)O.